The number of anilines is 1. The number of ether oxygens (including phenoxy) is 2. The molecule has 0 saturated heterocycles. The van der Waals surface area contributed by atoms with Crippen molar-refractivity contribution in [2.24, 2.45) is 0 Å². The maximum Gasteiger partial charge on any atom is 0.356 e. The van der Waals surface area contributed by atoms with Crippen molar-refractivity contribution in [2.45, 2.75) is 0 Å². The molecule has 27 heavy (non-hydrogen) atoms. The van der Waals surface area contributed by atoms with Crippen LogP contribution in [0, 0.1) is 5.82 Å². The first-order chi connectivity index (χ1) is 13.0. The molecule has 8 heteroatoms. The lowest BCUT2D eigenvalue weighted by atomic mass is 10.2. The monoisotopic (exact) mass is 388 g/mol. The average molecular weight is 389 g/mol. The quantitative estimate of drug-likeness (QED) is 0.672. The van der Waals surface area contributed by atoms with Crippen LogP contribution in [0.25, 0.3) is 10.9 Å². The van der Waals surface area contributed by atoms with Crippen LogP contribution in [0.4, 0.5) is 10.1 Å². The number of halogens is 2. The van der Waals surface area contributed by atoms with E-state index in [2.05, 4.69) is 15.0 Å². The molecule has 0 spiro atoms. The minimum absolute atomic E-state index is 0.0248. The third-order valence-electron chi connectivity index (χ3n) is 3.63. The molecule has 0 aliphatic carbocycles. The van der Waals surface area contributed by atoms with Crippen molar-refractivity contribution in [2.75, 3.05) is 19.0 Å². The summed E-state index contributed by atoms with van der Waals surface area (Å²) in [5, 5.41) is 3.38. The Morgan fingerprint density at radius 1 is 1.19 bits per heavy atom. The normalized spacial score (nSPS) is 10.5. The molecule has 0 bridgehead atoms. The first kappa shape index (κ1) is 18.6. The fraction of sp³-hybridized carbons (Fsp3) is 0.105. The molecule has 1 aromatic heterocycles. The molecule has 0 aliphatic heterocycles. The number of hydrogen-bond acceptors (Lipinski definition) is 5. The van der Waals surface area contributed by atoms with Gasteiger partial charge in [-0.25, -0.2) is 14.2 Å². The van der Waals surface area contributed by atoms with Crippen LogP contribution >= 0.6 is 11.6 Å². The van der Waals surface area contributed by atoms with E-state index in [1.165, 1.54) is 31.4 Å². The zero-order valence-corrected chi connectivity index (χ0v) is 14.9. The number of amides is 1. The fourth-order valence-electron chi connectivity index (χ4n) is 2.39. The molecule has 138 valence electrons. The molecule has 0 atom stereocenters. The highest BCUT2D eigenvalue weighted by Crippen LogP contribution is 2.28. The van der Waals surface area contributed by atoms with Crippen molar-refractivity contribution in [1.29, 1.82) is 0 Å². The molecule has 0 aliphatic rings. The first-order valence-corrected chi connectivity index (χ1v) is 8.21. The summed E-state index contributed by atoms with van der Waals surface area (Å²) in [6.07, 6.45) is 0. The molecule has 0 radical (unpaired) electrons. The number of fused-ring (bicyclic) bond motifs is 1. The fourth-order valence-corrected chi connectivity index (χ4v) is 2.56. The molecule has 3 rings (SSSR count). The minimum atomic E-state index is -0.646. The zero-order valence-electron chi connectivity index (χ0n) is 14.2. The molecule has 2 aromatic carbocycles. The standard InChI is InChI=1S/C19H14ClFN2O4/c1-26-19(25)16-9-17(12-8-11(20)6-7-14(12)22-16)27-10-18(24)23-15-5-3-2-4-13(15)21/h2-9H,10H2,1H3,(H,23,24). The van der Waals surface area contributed by atoms with Gasteiger partial charge in [0.25, 0.3) is 5.91 Å². The number of benzene rings is 2. The van der Waals surface area contributed by atoms with Crippen LogP contribution in [-0.4, -0.2) is 30.6 Å². The molecule has 0 unspecified atom stereocenters. The third-order valence-corrected chi connectivity index (χ3v) is 3.87. The van der Waals surface area contributed by atoms with Gasteiger partial charge in [0.2, 0.25) is 0 Å². The highest BCUT2D eigenvalue weighted by atomic mass is 35.5. The van der Waals surface area contributed by atoms with Crippen molar-refractivity contribution in [3.8, 4) is 5.75 Å². The molecule has 0 fully saturated rings. The Balaban J connectivity index is 1.84. The number of carbonyl (C=O) groups is 2. The largest absolute Gasteiger partial charge is 0.483 e. The summed E-state index contributed by atoms with van der Waals surface area (Å²) in [7, 11) is 1.23. The summed E-state index contributed by atoms with van der Waals surface area (Å²) in [5.41, 5.74) is 0.521. The maximum atomic E-state index is 13.6. The Kier molecular flexibility index (Phi) is 5.52. The second kappa shape index (κ2) is 8.01. The predicted octanol–water partition coefficient (Wildman–Crippen LogP) is 3.83. The van der Waals surface area contributed by atoms with Crippen LogP contribution in [0.5, 0.6) is 5.75 Å². The van der Waals surface area contributed by atoms with Gasteiger partial charge in [-0.15, -0.1) is 0 Å². The van der Waals surface area contributed by atoms with Gasteiger partial charge < -0.3 is 14.8 Å². The number of methoxy groups -OCH3 is 1. The van der Waals surface area contributed by atoms with Crippen LogP contribution in [0.2, 0.25) is 5.02 Å². The van der Waals surface area contributed by atoms with Crippen molar-refractivity contribution in [1.82, 2.24) is 4.98 Å². The number of pyridine rings is 1. The SMILES string of the molecule is COC(=O)c1cc(OCC(=O)Nc2ccccc2F)c2cc(Cl)ccc2n1. The molecule has 0 saturated carbocycles. The Hall–Kier alpha value is -3.19. The van der Waals surface area contributed by atoms with Crippen LogP contribution < -0.4 is 10.1 Å². The van der Waals surface area contributed by atoms with Crippen molar-refractivity contribution in [3.63, 3.8) is 0 Å². The van der Waals surface area contributed by atoms with Crippen molar-refractivity contribution >= 4 is 40.1 Å². The average Bonchev–Trinajstić information content (AvgIpc) is 2.67. The number of para-hydroxylation sites is 1. The molecule has 1 N–H and O–H groups in total. The number of carbonyl (C=O) groups excluding carboxylic acids is 2. The van der Waals surface area contributed by atoms with E-state index in [0.717, 1.165) is 0 Å². The van der Waals surface area contributed by atoms with E-state index in [9.17, 15) is 14.0 Å². The van der Waals surface area contributed by atoms with Gasteiger partial charge in [0.1, 0.15) is 11.6 Å². The number of nitrogens with one attached hydrogen (secondary N) is 1. The van der Waals surface area contributed by atoms with Gasteiger partial charge in [-0.1, -0.05) is 23.7 Å². The number of nitrogens with zero attached hydrogens (tertiary/aromatic N) is 1. The lowest BCUT2D eigenvalue weighted by Crippen LogP contribution is -2.21. The molecular weight excluding hydrogens is 375 g/mol. The number of rotatable bonds is 5. The van der Waals surface area contributed by atoms with Crippen LogP contribution in [0.3, 0.4) is 0 Å². The minimum Gasteiger partial charge on any atom is -0.483 e. The summed E-state index contributed by atoms with van der Waals surface area (Å²) in [6, 6.07) is 12.0. The van der Waals surface area contributed by atoms with E-state index in [0.29, 0.717) is 15.9 Å². The van der Waals surface area contributed by atoms with E-state index in [-0.39, 0.29) is 17.1 Å². The number of aromatic nitrogens is 1. The van der Waals surface area contributed by atoms with Gasteiger partial charge in [0.15, 0.2) is 12.3 Å². The maximum absolute atomic E-state index is 13.6. The van der Waals surface area contributed by atoms with Gasteiger partial charge in [-0.2, -0.15) is 0 Å². The van der Waals surface area contributed by atoms with Crippen molar-refractivity contribution < 1.29 is 23.5 Å². The van der Waals surface area contributed by atoms with E-state index >= 15 is 0 Å². The summed E-state index contributed by atoms with van der Waals surface area (Å²) in [6.45, 7) is -0.402. The molecule has 3 aromatic rings. The Morgan fingerprint density at radius 3 is 2.70 bits per heavy atom. The second-order valence-corrected chi connectivity index (χ2v) is 5.91. The molecule has 6 nitrogen and oxygen atoms in total. The van der Waals surface area contributed by atoms with E-state index in [1.54, 1.807) is 24.3 Å². The number of esters is 1. The van der Waals surface area contributed by atoms with Gasteiger partial charge in [-0.05, 0) is 30.3 Å². The van der Waals surface area contributed by atoms with E-state index < -0.39 is 24.3 Å². The Bertz CT molecular complexity index is 1030. The van der Waals surface area contributed by atoms with E-state index in [4.69, 9.17) is 16.3 Å². The Labute approximate surface area is 158 Å². The predicted molar refractivity (Wildman–Crippen MR) is 98.6 cm³/mol. The molecule has 1 amide bonds. The third kappa shape index (κ3) is 4.32. The topological polar surface area (TPSA) is 77.5 Å². The van der Waals surface area contributed by atoms with Gasteiger partial charge in [0, 0.05) is 16.5 Å². The van der Waals surface area contributed by atoms with Crippen molar-refractivity contribution in [3.05, 3.63) is 65.1 Å². The lowest BCUT2D eigenvalue weighted by molar-refractivity contribution is -0.118. The summed E-state index contributed by atoms with van der Waals surface area (Å²) < 4.78 is 23.8. The van der Waals surface area contributed by atoms with Crippen LogP contribution in [0.15, 0.2) is 48.5 Å². The van der Waals surface area contributed by atoms with E-state index in [1.807, 2.05) is 0 Å². The summed E-state index contributed by atoms with van der Waals surface area (Å²) >= 11 is 6.01. The highest BCUT2D eigenvalue weighted by molar-refractivity contribution is 6.31. The second-order valence-electron chi connectivity index (χ2n) is 5.48. The van der Waals surface area contributed by atoms with Gasteiger partial charge >= 0.3 is 5.97 Å². The van der Waals surface area contributed by atoms with Gasteiger partial charge in [0.05, 0.1) is 18.3 Å². The van der Waals surface area contributed by atoms with Crippen LogP contribution in [0.1, 0.15) is 10.5 Å². The Morgan fingerprint density at radius 2 is 1.96 bits per heavy atom. The summed E-state index contributed by atoms with van der Waals surface area (Å²) in [5.74, 6) is -1.54. The first-order valence-electron chi connectivity index (χ1n) is 7.83. The highest BCUT2D eigenvalue weighted by Gasteiger charge is 2.15. The smallest absolute Gasteiger partial charge is 0.356 e. The molecular formula is C19H14ClFN2O4. The molecule has 1 heterocycles. The number of hydrogen-bond donors (Lipinski definition) is 1. The van der Waals surface area contributed by atoms with Gasteiger partial charge in [-0.3, -0.25) is 4.79 Å². The zero-order chi connectivity index (χ0) is 19.4. The lowest BCUT2D eigenvalue weighted by Gasteiger charge is -2.11. The summed E-state index contributed by atoms with van der Waals surface area (Å²) in [4.78, 5) is 28.1. The van der Waals surface area contributed by atoms with Crippen LogP contribution in [-0.2, 0) is 9.53 Å².